The van der Waals surface area contributed by atoms with E-state index in [4.69, 9.17) is 47.4 Å². The Balaban J connectivity index is 1.52. The third kappa shape index (κ3) is 12.5. The third-order valence-electron chi connectivity index (χ3n) is 8.90. The molecule has 5 rings (SSSR count). The van der Waals surface area contributed by atoms with Gasteiger partial charge in [0.25, 0.3) is 0 Å². The van der Waals surface area contributed by atoms with Crippen molar-refractivity contribution in [1.29, 1.82) is 0 Å². The van der Waals surface area contributed by atoms with Crippen molar-refractivity contribution in [2.24, 2.45) is 0 Å². The maximum atomic E-state index is 12.4. The van der Waals surface area contributed by atoms with Gasteiger partial charge in [-0.1, -0.05) is 97.1 Å². The van der Waals surface area contributed by atoms with Crippen LogP contribution in [0.4, 0.5) is 0 Å². The molecule has 3 aromatic rings. The summed E-state index contributed by atoms with van der Waals surface area (Å²) in [7, 11) is 0. The van der Waals surface area contributed by atoms with Crippen molar-refractivity contribution >= 4 is 17.9 Å². The summed E-state index contributed by atoms with van der Waals surface area (Å²) in [6.07, 6.45) is -10.8. The van der Waals surface area contributed by atoms with E-state index in [1.807, 2.05) is 91.0 Å². The Morgan fingerprint density at radius 2 is 1.11 bits per heavy atom. The van der Waals surface area contributed by atoms with Crippen molar-refractivity contribution in [3.05, 3.63) is 120 Å². The van der Waals surface area contributed by atoms with Crippen LogP contribution in [0.25, 0.3) is 0 Å². The fourth-order valence-corrected chi connectivity index (χ4v) is 6.39. The highest BCUT2D eigenvalue weighted by molar-refractivity contribution is 5.67. The summed E-state index contributed by atoms with van der Waals surface area (Å²) >= 11 is 0. The molecule has 2 heterocycles. The van der Waals surface area contributed by atoms with Crippen molar-refractivity contribution in [3.8, 4) is 0 Å². The van der Waals surface area contributed by atoms with Crippen LogP contribution < -0.4 is 0 Å². The van der Waals surface area contributed by atoms with Crippen LogP contribution in [0.1, 0.15) is 37.5 Å². The lowest BCUT2D eigenvalue weighted by Gasteiger charge is -2.49. The van der Waals surface area contributed by atoms with Crippen molar-refractivity contribution in [2.75, 3.05) is 19.8 Å². The second-order valence-corrected chi connectivity index (χ2v) is 13.3. The summed E-state index contributed by atoms with van der Waals surface area (Å²) in [6.45, 7) is 7.55. The summed E-state index contributed by atoms with van der Waals surface area (Å²) in [6, 6.07) is 28.7. The van der Waals surface area contributed by atoms with Gasteiger partial charge in [-0.15, -0.1) is 6.58 Å². The van der Waals surface area contributed by atoms with E-state index >= 15 is 0 Å². The van der Waals surface area contributed by atoms with Crippen molar-refractivity contribution in [2.45, 2.75) is 102 Å². The molecule has 2 fully saturated rings. The minimum absolute atomic E-state index is 0.0359. The lowest BCUT2D eigenvalue weighted by molar-refractivity contribution is -0.374. The lowest BCUT2D eigenvalue weighted by Crippen LogP contribution is -2.66. The molecule has 0 radical (unpaired) electrons. The molecular weight excluding hydrogens is 728 g/mol. The predicted octanol–water partition coefficient (Wildman–Crippen LogP) is 4.20. The number of carbonyl (C=O) groups excluding carboxylic acids is 3. The van der Waals surface area contributed by atoms with E-state index in [9.17, 15) is 19.5 Å². The molecule has 0 spiro atoms. The van der Waals surface area contributed by atoms with Crippen molar-refractivity contribution < 1.29 is 66.9 Å². The van der Waals surface area contributed by atoms with E-state index in [1.165, 1.54) is 6.92 Å². The highest BCUT2D eigenvalue weighted by Gasteiger charge is 2.55. The van der Waals surface area contributed by atoms with Gasteiger partial charge in [0.2, 0.25) is 0 Å². The van der Waals surface area contributed by atoms with Gasteiger partial charge < -0.3 is 52.5 Å². The largest absolute Gasteiger partial charge is 0.463 e. The molecule has 2 aliphatic rings. The minimum atomic E-state index is -1.67. The number of ether oxygens (including phenoxy) is 10. The van der Waals surface area contributed by atoms with Crippen molar-refractivity contribution in [1.82, 2.24) is 0 Å². The zero-order valence-corrected chi connectivity index (χ0v) is 31.7. The van der Waals surface area contributed by atoms with Crippen LogP contribution >= 0.6 is 0 Å². The average Bonchev–Trinajstić information content (AvgIpc) is 3.19. The molecule has 302 valence electrons. The zero-order chi connectivity index (χ0) is 39.9. The molecule has 2 aliphatic heterocycles. The molecule has 0 aromatic heterocycles. The van der Waals surface area contributed by atoms with Gasteiger partial charge in [-0.2, -0.15) is 0 Å². The summed E-state index contributed by atoms with van der Waals surface area (Å²) in [5, 5.41) is 11.6. The van der Waals surface area contributed by atoms with E-state index in [2.05, 4.69) is 6.58 Å². The number of aliphatic hydroxyl groups is 1. The fourth-order valence-electron chi connectivity index (χ4n) is 6.39. The molecule has 1 N–H and O–H groups in total. The first-order valence-electron chi connectivity index (χ1n) is 18.4. The summed E-state index contributed by atoms with van der Waals surface area (Å²) in [5.41, 5.74) is 2.70. The average molecular weight is 779 g/mol. The number of benzene rings is 3. The van der Waals surface area contributed by atoms with Crippen LogP contribution in [0.2, 0.25) is 0 Å². The minimum Gasteiger partial charge on any atom is -0.463 e. The van der Waals surface area contributed by atoms with Gasteiger partial charge in [0, 0.05) is 20.8 Å². The van der Waals surface area contributed by atoms with Crippen LogP contribution in [0, 0.1) is 0 Å². The zero-order valence-electron chi connectivity index (χ0n) is 31.7. The van der Waals surface area contributed by atoms with Gasteiger partial charge in [-0.25, -0.2) is 0 Å². The number of carbonyl (C=O) groups is 3. The fraction of sp³-hybridized carbons (Fsp3) is 0.452. The standard InChI is InChI=1S/C42H50O14/c1-5-21-48-41-40(56-42-38(53-29(4)45)35(46)36(52-28(3)44)34(55-42)26-49-27(2)43)39(51-24-32-19-13-8-14-20-32)37(50-23-31-17-11-7-12-18-31)33(54-41)25-47-22-30-15-9-6-10-16-30/h5-20,33-42,46H,1,21-26H2,2-4H3/t33-,34-,35+,36-,37-,38+,39+,40+,41+,42-/m1/s1. The first-order valence-corrected chi connectivity index (χ1v) is 18.4. The van der Waals surface area contributed by atoms with Gasteiger partial charge in [0.1, 0.15) is 43.2 Å². The van der Waals surface area contributed by atoms with Crippen LogP contribution in [-0.2, 0) is 81.6 Å². The monoisotopic (exact) mass is 778 g/mol. The molecule has 0 unspecified atom stereocenters. The molecule has 0 aliphatic carbocycles. The summed E-state index contributed by atoms with van der Waals surface area (Å²) < 4.78 is 61.3. The van der Waals surface area contributed by atoms with Crippen LogP contribution in [0.5, 0.6) is 0 Å². The molecule has 14 nitrogen and oxygen atoms in total. The number of hydrogen-bond donors (Lipinski definition) is 1. The van der Waals surface area contributed by atoms with Gasteiger partial charge in [-0.3, -0.25) is 14.4 Å². The summed E-state index contributed by atoms with van der Waals surface area (Å²) in [4.78, 5) is 36.4. The molecule has 14 heteroatoms. The molecule has 3 aromatic carbocycles. The SMILES string of the molecule is C=CCO[C@H]1O[C@H](COCc2ccccc2)[C@@H](OCc2ccccc2)[C@H](OCc2ccccc2)[C@@H]1O[C@H]1O[C@H](COC(C)=O)[C@@H](OC(C)=O)[C@H](O)[C@@H]1OC(C)=O. The Labute approximate surface area is 326 Å². The Hall–Kier alpha value is -4.51. The van der Waals surface area contributed by atoms with Gasteiger partial charge >= 0.3 is 17.9 Å². The molecule has 10 atom stereocenters. The summed E-state index contributed by atoms with van der Waals surface area (Å²) in [5.74, 6) is -2.17. The second-order valence-electron chi connectivity index (χ2n) is 13.3. The third-order valence-corrected chi connectivity index (χ3v) is 8.90. The van der Waals surface area contributed by atoms with Gasteiger partial charge in [0.05, 0.1) is 33.0 Å². The van der Waals surface area contributed by atoms with Crippen LogP contribution in [-0.4, -0.2) is 104 Å². The van der Waals surface area contributed by atoms with E-state index in [0.717, 1.165) is 30.5 Å². The predicted molar refractivity (Wildman–Crippen MR) is 198 cm³/mol. The quantitative estimate of drug-likeness (QED) is 0.105. The van der Waals surface area contributed by atoms with Crippen LogP contribution in [0.15, 0.2) is 104 Å². The second kappa shape index (κ2) is 21.7. The van der Waals surface area contributed by atoms with E-state index in [0.29, 0.717) is 6.61 Å². The Morgan fingerprint density at radius 3 is 1.64 bits per heavy atom. The molecule has 0 saturated carbocycles. The van der Waals surface area contributed by atoms with Gasteiger partial charge in [-0.05, 0) is 16.7 Å². The Bertz CT molecular complexity index is 1660. The van der Waals surface area contributed by atoms with E-state index in [-0.39, 0.29) is 26.4 Å². The smallest absolute Gasteiger partial charge is 0.303 e. The number of hydrogen-bond acceptors (Lipinski definition) is 14. The van der Waals surface area contributed by atoms with Crippen molar-refractivity contribution in [3.63, 3.8) is 0 Å². The lowest BCUT2D eigenvalue weighted by atomic mass is 9.96. The first kappa shape index (κ1) is 42.6. The topological polar surface area (TPSA) is 164 Å². The highest BCUT2D eigenvalue weighted by Crippen LogP contribution is 2.35. The number of esters is 3. The molecule has 2 saturated heterocycles. The molecule has 0 bridgehead atoms. The maximum Gasteiger partial charge on any atom is 0.303 e. The van der Waals surface area contributed by atoms with E-state index < -0.39 is 85.9 Å². The number of aliphatic hydroxyl groups excluding tert-OH is 1. The molecule has 56 heavy (non-hydrogen) atoms. The Kier molecular flexibility index (Phi) is 16.5. The van der Waals surface area contributed by atoms with E-state index in [1.54, 1.807) is 6.08 Å². The molecular formula is C42H50O14. The van der Waals surface area contributed by atoms with Gasteiger partial charge in [0.15, 0.2) is 24.8 Å². The Morgan fingerprint density at radius 1 is 0.607 bits per heavy atom. The normalized spacial score (nSPS) is 27.5. The first-order chi connectivity index (χ1) is 27.1. The highest BCUT2D eigenvalue weighted by atomic mass is 16.8. The maximum absolute atomic E-state index is 12.4. The van der Waals surface area contributed by atoms with Crippen LogP contribution in [0.3, 0.4) is 0 Å². The number of rotatable bonds is 19. The molecule has 0 amide bonds.